The van der Waals surface area contributed by atoms with Crippen LogP contribution in [0.2, 0.25) is 5.02 Å². The molecular formula is C19H22ClNO. The second-order valence-electron chi connectivity index (χ2n) is 5.75. The molecule has 0 saturated carbocycles. The second kappa shape index (κ2) is 6.31. The van der Waals surface area contributed by atoms with E-state index < -0.39 is 0 Å². The van der Waals surface area contributed by atoms with Crippen LogP contribution >= 0.6 is 11.6 Å². The van der Waals surface area contributed by atoms with Crippen molar-refractivity contribution in [3.63, 3.8) is 0 Å². The Kier molecular flexibility index (Phi) is 4.42. The highest BCUT2D eigenvalue weighted by Gasteiger charge is 2.29. The van der Waals surface area contributed by atoms with E-state index in [4.69, 9.17) is 16.3 Å². The van der Waals surface area contributed by atoms with Crippen molar-refractivity contribution >= 4 is 11.6 Å². The van der Waals surface area contributed by atoms with Gasteiger partial charge in [-0.3, -0.25) is 4.90 Å². The molecule has 1 heterocycles. The highest BCUT2D eigenvalue weighted by molar-refractivity contribution is 6.30. The van der Waals surface area contributed by atoms with E-state index in [0.717, 1.165) is 30.3 Å². The van der Waals surface area contributed by atoms with Crippen molar-refractivity contribution in [3.05, 3.63) is 52.5 Å². The maximum Gasteiger partial charge on any atom is 0.156 e. The standard InChI is InChI=1S/C19H22ClNO/c1-4-21(5-2)18-12-14-7-6-8-17(19(14)22-18)16-10-9-15(20)11-13(16)3/h6-11,18H,4-5,12H2,1-3H3. The predicted octanol–water partition coefficient (Wildman–Crippen LogP) is 4.92. The Hall–Kier alpha value is -1.51. The quantitative estimate of drug-likeness (QED) is 0.794. The van der Waals surface area contributed by atoms with Crippen LogP contribution in [0.4, 0.5) is 0 Å². The number of para-hydroxylation sites is 1. The summed E-state index contributed by atoms with van der Waals surface area (Å²) >= 11 is 6.09. The number of aryl methyl sites for hydroxylation is 1. The first-order chi connectivity index (χ1) is 10.6. The molecule has 22 heavy (non-hydrogen) atoms. The number of fused-ring (bicyclic) bond motifs is 1. The normalized spacial score (nSPS) is 16.7. The first-order valence-electron chi connectivity index (χ1n) is 7.93. The largest absolute Gasteiger partial charge is 0.474 e. The molecule has 2 aromatic rings. The number of halogens is 1. The zero-order valence-electron chi connectivity index (χ0n) is 13.4. The van der Waals surface area contributed by atoms with Crippen molar-refractivity contribution in [2.24, 2.45) is 0 Å². The Bertz CT molecular complexity index is 679. The van der Waals surface area contributed by atoms with E-state index in [-0.39, 0.29) is 6.23 Å². The monoisotopic (exact) mass is 315 g/mol. The summed E-state index contributed by atoms with van der Waals surface area (Å²) in [5.41, 5.74) is 4.84. The average Bonchev–Trinajstić information content (AvgIpc) is 2.92. The lowest BCUT2D eigenvalue weighted by molar-refractivity contribution is 0.0518. The molecule has 2 aromatic carbocycles. The fraction of sp³-hybridized carbons (Fsp3) is 0.368. The van der Waals surface area contributed by atoms with Crippen LogP contribution in [0.15, 0.2) is 36.4 Å². The summed E-state index contributed by atoms with van der Waals surface area (Å²) in [6, 6.07) is 12.5. The first-order valence-corrected chi connectivity index (χ1v) is 8.31. The van der Waals surface area contributed by atoms with Gasteiger partial charge >= 0.3 is 0 Å². The van der Waals surface area contributed by atoms with Gasteiger partial charge in [-0.05, 0) is 48.8 Å². The van der Waals surface area contributed by atoms with Gasteiger partial charge in [0, 0.05) is 17.0 Å². The minimum Gasteiger partial charge on any atom is -0.474 e. The van der Waals surface area contributed by atoms with Crippen LogP contribution in [0.5, 0.6) is 5.75 Å². The average molecular weight is 316 g/mol. The van der Waals surface area contributed by atoms with Crippen molar-refractivity contribution in [1.82, 2.24) is 4.90 Å². The molecule has 3 rings (SSSR count). The van der Waals surface area contributed by atoms with E-state index in [0.29, 0.717) is 0 Å². The number of hydrogen-bond donors (Lipinski definition) is 0. The van der Waals surface area contributed by atoms with Crippen LogP contribution in [0.3, 0.4) is 0 Å². The fourth-order valence-electron chi connectivity index (χ4n) is 3.23. The highest BCUT2D eigenvalue weighted by atomic mass is 35.5. The Morgan fingerprint density at radius 3 is 2.59 bits per heavy atom. The molecule has 0 amide bonds. The van der Waals surface area contributed by atoms with Crippen LogP contribution in [0, 0.1) is 6.92 Å². The van der Waals surface area contributed by atoms with Crippen molar-refractivity contribution in [1.29, 1.82) is 0 Å². The van der Waals surface area contributed by atoms with E-state index >= 15 is 0 Å². The summed E-state index contributed by atoms with van der Waals surface area (Å²) in [5.74, 6) is 1.03. The van der Waals surface area contributed by atoms with Crippen LogP contribution in [0.25, 0.3) is 11.1 Å². The summed E-state index contributed by atoms with van der Waals surface area (Å²) in [7, 11) is 0. The lowest BCUT2D eigenvalue weighted by Gasteiger charge is -2.25. The van der Waals surface area contributed by atoms with Crippen molar-refractivity contribution < 1.29 is 4.74 Å². The summed E-state index contributed by atoms with van der Waals surface area (Å²) in [4.78, 5) is 2.36. The van der Waals surface area contributed by atoms with E-state index in [9.17, 15) is 0 Å². The third-order valence-electron chi connectivity index (χ3n) is 4.44. The molecule has 0 N–H and O–H groups in total. The van der Waals surface area contributed by atoms with Gasteiger partial charge in [-0.15, -0.1) is 0 Å². The van der Waals surface area contributed by atoms with Crippen LogP contribution < -0.4 is 4.74 Å². The summed E-state index contributed by atoms with van der Waals surface area (Å²) in [6.45, 7) is 8.46. The fourth-order valence-corrected chi connectivity index (χ4v) is 3.45. The molecule has 3 heteroatoms. The number of ether oxygens (including phenoxy) is 1. The Balaban J connectivity index is 1.99. The van der Waals surface area contributed by atoms with Gasteiger partial charge in [-0.25, -0.2) is 0 Å². The minimum absolute atomic E-state index is 0.152. The molecule has 0 fully saturated rings. The van der Waals surface area contributed by atoms with Gasteiger partial charge in [-0.1, -0.05) is 49.7 Å². The van der Waals surface area contributed by atoms with Crippen molar-refractivity contribution in [2.45, 2.75) is 33.4 Å². The van der Waals surface area contributed by atoms with Gasteiger partial charge in [0.05, 0.1) is 0 Å². The van der Waals surface area contributed by atoms with Crippen LogP contribution in [-0.2, 0) is 6.42 Å². The lowest BCUT2D eigenvalue weighted by atomic mass is 9.97. The third-order valence-corrected chi connectivity index (χ3v) is 4.68. The number of rotatable bonds is 4. The van der Waals surface area contributed by atoms with E-state index in [2.05, 4.69) is 49.9 Å². The molecule has 0 radical (unpaired) electrons. The number of hydrogen-bond acceptors (Lipinski definition) is 2. The minimum atomic E-state index is 0.152. The van der Waals surface area contributed by atoms with Gasteiger partial charge in [0.1, 0.15) is 5.75 Å². The molecular weight excluding hydrogens is 294 g/mol. The van der Waals surface area contributed by atoms with Crippen molar-refractivity contribution in [2.75, 3.05) is 13.1 Å². The second-order valence-corrected chi connectivity index (χ2v) is 6.19. The molecule has 0 bridgehead atoms. The molecule has 1 atom stereocenters. The maximum absolute atomic E-state index is 6.31. The Morgan fingerprint density at radius 2 is 1.91 bits per heavy atom. The van der Waals surface area contributed by atoms with Crippen LogP contribution in [-0.4, -0.2) is 24.2 Å². The molecule has 0 aliphatic carbocycles. The molecule has 1 aliphatic rings. The third kappa shape index (κ3) is 2.73. The van der Waals surface area contributed by atoms with Gasteiger partial charge < -0.3 is 4.74 Å². The Morgan fingerprint density at radius 1 is 1.14 bits per heavy atom. The zero-order valence-corrected chi connectivity index (χ0v) is 14.2. The van der Waals surface area contributed by atoms with Gasteiger partial charge in [0.15, 0.2) is 6.23 Å². The summed E-state index contributed by atoms with van der Waals surface area (Å²) in [6.07, 6.45) is 1.11. The molecule has 0 saturated heterocycles. The summed E-state index contributed by atoms with van der Waals surface area (Å²) in [5, 5.41) is 0.774. The smallest absolute Gasteiger partial charge is 0.156 e. The topological polar surface area (TPSA) is 12.5 Å². The van der Waals surface area contributed by atoms with Gasteiger partial charge in [-0.2, -0.15) is 0 Å². The molecule has 116 valence electrons. The lowest BCUT2D eigenvalue weighted by Crippen LogP contribution is -2.38. The maximum atomic E-state index is 6.31. The molecule has 0 aromatic heterocycles. The summed E-state index contributed by atoms with van der Waals surface area (Å²) < 4.78 is 6.31. The van der Waals surface area contributed by atoms with E-state index in [1.54, 1.807) is 0 Å². The SMILES string of the molecule is CCN(CC)C1Cc2cccc(-c3ccc(Cl)cc3C)c2O1. The number of likely N-dealkylation sites (N-methyl/N-ethyl adjacent to an activating group) is 1. The Labute approximate surface area is 137 Å². The van der Waals surface area contributed by atoms with Gasteiger partial charge in [0.2, 0.25) is 0 Å². The van der Waals surface area contributed by atoms with Crippen LogP contribution in [0.1, 0.15) is 25.0 Å². The van der Waals surface area contributed by atoms with E-state index in [1.807, 2.05) is 12.1 Å². The van der Waals surface area contributed by atoms with E-state index in [1.165, 1.54) is 22.3 Å². The van der Waals surface area contributed by atoms with Gasteiger partial charge in [0.25, 0.3) is 0 Å². The number of nitrogens with zero attached hydrogens (tertiary/aromatic N) is 1. The number of benzene rings is 2. The molecule has 0 spiro atoms. The van der Waals surface area contributed by atoms with Crippen molar-refractivity contribution in [3.8, 4) is 16.9 Å². The molecule has 1 unspecified atom stereocenters. The molecule has 1 aliphatic heterocycles. The highest BCUT2D eigenvalue weighted by Crippen LogP contribution is 2.40. The first kappa shape index (κ1) is 15.4. The predicted molar refractivity (Wildman–Crippen MR) is 92.7 cm³/mol. The molecule has 2 nitrogen and oxygen atoms in total. The zero-order chi connectivity index (χ0) is 15.7.